The minimum absolute atomic E-state index is 0.0888. The Kier molecular flexibility index (Phi) is 17.9. The molecule has 0 saturated heterocycles. The number of thioether (sulfide) groups is 1. The normalized spacial score (nSPS) is 13.7. The highest BCUT2D eigenvalue weighted by molar-refractivity contribution is 7.99. The van der Waals surface area contributed by atoms with Crippen LogP contribution >= 0.6 is 11.8 Å². The summed E-state index contributed by atoms with van der Waals surface area (Å²) >= 11 is 0.941. The number of aliphatic carboxylic acids is 3. The van der Waals surface area contributed by atoms with Gasteiger partial charge in [0, 0.05) is 24.3 Å². The lowest BCUT2D eigenvalue weighted by Crippen LogP contribution is -2.51. The molecule has 0 heterocycles. The number of nitrogens with two attached hydrogens (primary N) is 1. The van der Waals surface area contributed by atoms with Crippen LogP contribution in [0.2, 0.25) is 0 Å². The molecule has 222 valence electrons. The Labute approximate surface area is 230 Å². The molecular weight excluding hydrogens is 538 g/mol. The predicted molar refractivity (Wildman–Crippen MR) is 141 cm³/mol. The van der Waals surface area contributed by atoms with Gasteiger partial charge in [0.15, 0.2) is 0 Å². The van der Waals surface area contributed by atoms with E-state index in [1.54, 1.807) is 0 Å². The van der Waals surface area contributed by atoms with Crippen LogP contribution in [0.4, 0.5) is 0 Å². The summed E-state index contributed by atoms with van der Waals surface area (Å²) in [4.78, 5) is 82.3. The van der Waals surface area contributed by atoms with Crippen LogP contribution in [0.15, 0.2) is 0 Å². The van der Waals surface area contributed by atoms with Gasteiger partial charge in [0.2, 0.25) is 23.6 Å². The van der Waals surface area contributed by atoms with Crippen molar-refractivity contribution in [3.05, 3.63) is 0 Å². The number of rotatable bonds is 21. The molecule has 0 saturated carbocycles. The van der Waals surface area contributed by atoms with E-state index in [1.807, 2.05) is 6.92 Å². The van der Waals surface area contributed by atoms with Crippen molar-refractivity contribution in [2.75, 3.05) is 18.1 Å². The van der Waals surface area contributed by atoms with Crippen molar-refractivity contribution in [2.24, 2.45) is 5.73 Å². The summed E-state index contributed by atoms with van der Waals surface area (Å²) in [6.07, 6.45) is 3.02. The summed E-state index contributed by atoms with van der Waals surface area (Å²) < 4.78 is 0. The monoisotopic (exact) mass is 577 g/mol. The molecule has 15 nitrogen and oxygen atoms in total. The smallest absolute Gasteiger partial charge is 0.326 e. The molecule has 0 aromatic carbocycles. The summed E-state index contributed by atoms with van der Waals surface area (Å²) in [6, 6.07) is -4.94. The minimum atomic E-state index is -1.46. The second-order valence-electron chi connectivity index (χ2n) is 8.75. The van der Waals surface area contributed by atoms with E-state index in [1.165, 1.54) is 6.92 Å². The highest BCUT2D eigenvalue weighted by Gasteiger charge is 2.26. The lowest BCUT2D eigenvalue weighted by Gasteiger charge is -2.20. The molecule has 0 fully saturated rings. The number of unbranched alkanes of at least 4 members (excludes halogenated alkanes) is 3. The fourth-order valence-corrected chi connectivity index (χ4v) is 4.04. The predicted octanol–water partition coefficient (Wildman–Crippen LogP) is -1.36. The number of hydrogen-bond donors (Lipinski definition) is 8. The number of amides is 4. The van der Waals surface area contributed by atoms with Crippen molar-refractivity contribution in [3.8, 4) is 0 Å². The van der Waals surface area contributed by atoms with E-state index in [4.69, 9.17) is 15.9 Å². The molecule has 39 heavy (non-hydrogen) atoms. The molecule has 16 heteroatoms. The molecular formula is C23H39N5O10S. The number of carboxylic acids is 3. The number of carbonyl (C=O) groups is 7. The third-order valence-corrected chi connectivity index (χ3v) is 6.43. The Morgan fingerprint density at radius 3 is 1.97 bits per heavy atom. The van der Waals surface area contributed by atoms with Gasteiger partial charge in [-0.05, 0) is 19.8 Å². The van der Waals surface area contributed by atoms with Crippen LogP contribution < -0.4 is 27.0 Å². The van der Waals surface area contributed by atoms with E-state index in [0.29, 0.717) is 6.42 Å². The second kappa shape index (κ2) is 19.6. The van der Waals surface area contributed by atoms with Gasteiger partial charge in [0.1, 0.15) is 30.7 Å². The van der Waals surface area contributed by atoms with Gasteiger partial charge in [-0.3, -0.25) is 28.8 Å². The molecule has 4 atom stereocenters. The summed E-state index contributed by atoms with van der Waals surface area (Å²) in [7, 11) is 0. The first kappa shape index (κ1) is 35.6. The highest BCUT2D eigenvalue weighted by atomic mass is 32.2. The van der Waals surface area contributed by atoms with Crippen molar-refractivity contribution in [1.29, 1.82) is 0 Å². The maximum absolute atomic E-state index is 12.4. The Balaban J connectivity index is 4.94. The third-order valence-electron chi connectivity index (χ3n) is 5.27. The van der Waals surface area contributed by atoms with E-state index in [0.717, 1.165) is 31.0 Å². The van der Waals surface area contributed by atoms with Crippen molar-refractivity contribution in [1.82, 2.24) is 21.3 Å². The minimum Gasteiger partial charge on any atom is -0.480 e. The molecule has 0 aliphatic rings. The van der Waals surface area contributed by atoms with E-state index >= 15 is 0 Å². The van der Waals surface area contributed by atoms with Crippen LogP contribution in [-0.4, -0.2) is 99.1 Å². The van der Waals surface area contributed by atoms with Crippen LogP contribution in [0.25, 0.3) is 0 Å². The van der Waals surface area contributed by atoms with E-state index < -0.39 is 72.8 Å². The molecule has 0 unspecified atom stereocenters. The van der Waals surface area contributed by atoms with Gasteiger partial charge in [-0.15, -0.1) is 0 Å². The molecule has 4 amide bonds. The zero-order chi connectivity index (χ0) is 30.0. The SMILES string of the molecule is CCCCCCC(=O)N[C@@H](C)C(=O)N[C@H](CCC(=O)N[C@H](CSC[C@H](N)C(=O)O)C(=O)NCC(=O)O)C(=O)O. The molecule has 0 rings (SSSR count). The molecule has 0 bridgehead atoms. The summed E-state index contributed by atoms with van der Waals surface area (Å²) in [6.45, 7) is 2.72. The fraction of sp³-hybridized carbons (Fsp3) is 0.696. The fourth-order valence-electron chi connectivity index (χ4n) is 3.04. The topological polar surface area (TPSA) is 254 Å². The van der Waals surface area contributed by atoms with Gasteiger partial charge in [0.25, 0.3) is 0 Å². The number of carboxylic acid groups (broad SMARTS) is 3. The Hall–Kier alpha value is -3.40. The standard InChI is InChI=1S/C23H39N5O10S/c1-3-4-5-6-7-17(29)26-13(2)20(33)28-15(23(37)38)8-9-18(30)27-16(21(34)25-10-19(31)32)12-39-11-14(24)22(35)36/h13-16H,3-12,24H2,1-2H3,(H,25,34)(H,26,29)(H,27,30)(H,28,33)(H,31,32)(H,35,36)(H,37,38)/t13-,14-,15+,16+/m0/s1. The molecule has 0 aliphatic carbocycles. The Morgan fingerprint density at radius 1 is 0.769 bits per heavy atom. The highest BCUT2D eigenvalue weighted by Crippen LogP contribution is 2.07. The average molecular weight is 578 g/mol. The number of nitrogens with one attached hydrogen (secondary N) is 4. The van der Waals surface area contributed by atoms with Crippen molar-refractivity contribution >= 4 is 53.3 Å². The van der Waals surface area contributed by atoms with Crippen LogP contribution in [0, 0.1) is 0 Å². The summed E-state index contributed by atoms with van der Waals surface area (Å²) in [5.74, 6) is -6.91. The summed E-state index contributed by atoms with van der Waals surface area (Å²) in [5.41, 5.74) is 5.41. The van der Waals surface area contributed by atoms with Gasteiger partial charge in [0.05, 0.1) is 0 Å². The van der Waals surface area contributed by atoms with Gasteiger partial charge < -0.3 is 42.3 Å². The van der Waals surface area contributed by atoms with Gasteiger partial charge >= 0.3 is 17.9 Å². The maximum atomic E-state index is 12.4. The molecule has 0 aromatic rings. The number of carbonyl (C=O) groups excluding carboxylic acids is 4. The Bertz CT molecular complexity index is 872. The zero-order valence-electron chi connectivity index (χ0n) is 22.1. The van der Waals surface area contributed by atoms with Gasteiger partial charge in [-0.1, -0.05) is 26.2 Å². The average Bonchev–Trinajstić information content (AvgIpc) is 2.86. The van der Waals surface area contributed by atoms with Gasteiger partial charge in [-0.2, -0.15) is 11.8 Å². The molecule has 0 aliphatic heterocycles. The zero-order valence-corrected chi connectivity index (χ0v) is 22.9. The quantitative estimate of drug-likeness (QED) is 0.0736. The molecule has 0 aromatic heterocycles. The van der Waals surface area contributed by atoms with Gasteiger partial charge in [-0.25, -0.2) is 4.79 Å². The van der Waals surface area contributed by atoms with E-state index in [9.17, 15) is 38.7 Å². The Morgan fingerprint density at radius 2 is 1.41 bits per heavy atom. The third kappa shape index (κ3) is 16.9. The largest absolute Gasteiger partial charge is 0.480 e. The van der Waals surface area contributed by atoms with Crippen molar-refractivity contribution in [2.45, 2.75) is 83.0 Å². The molecule has 9 N–H and O–H groups in total. The first-order valence-electron chi connectivity index (χ1n) is 12.5. The molecule has 0 spiro atoms. The van der Waals surface area contributed by atoms with E-state index in [2.05, 4.69) is 21.3 Å². The first-order valence-corrected chi connectivity index (χ1v) is 13.6. The number of hydrogen-bond acceptors (Lipinski definition) is 9. The van der Waals surface area contributed by atoms with Crippen LogP contribution in [0.1, 0.15) is 58.8 Å². The lowest BCUT2D eigenvalue weighted by molar-refractivity contribution is -0.142. The van der Waals surface area contributed by atoms with Crippen molar-refractivity contribution < 1.29 is 48.9 Å². The van der Waals surface area contributed by atoms with E-state index in [-0.39, 0.29) is 30.3 Å². The van der Waals surface area contributed by atoms with Crippen molar-refractivity contribution in [3.63, 3.8) is 0 Å². The van der Waals surface area contributed by atoms with Crippen LogP contribution in [0.3, 0.4) is 0 Å². The van der Waals surface area contributed by atoms with Crippen LogP contribution in [0.5, 0.6) is 0 Å². The summed E-state index contributed by atoms with van der Waals surface area (Å²) in [5, 5.41) is 36.3. The first-order chi connectivity index (χ1) is 18.3. The van der Waals surface area contributed by atoms with Crippen LogP contribution in [-0.2, 0) is 33.6 Å². The second-order valence-corrected chi connectivity index (χ2v) is 9.83. The maximum Gasteiger partial charge on any atom is 0.326 e. The molecule has 0 radical (unpaired) electrons. The lowest BCUT2D eigenvalue weighted by atomic mass is 10.1.